The maximum absolute atomic E-state index is 11.4. The van der Waals surface area contributed by atoms with Crippen LogP contribution in [0.3, 0.4) is 0 Å². The molecule has 1 aliphatic heterocycles. The molecule has 1 aliphatic rings. The number of amides is 1. The van der Waals surface area contributed by atoms with Crippen LogP contribution in [0.15, 0.2) is 24.3 Å². The van der Waals surface area contributed by atoms with Gasteiger partial charge in [-0.05, 0) is 37.0 Å². The van der Waals surface area contributed by atoms with E-state index in [0.29, 0.717) is 30.4 Å². The molecule has 0 unspecified atom stereocenters. The highest BCUT2D eigenvalue weighted by atomic mass is 16.5. The number of hydrogen-bond acceptors (Lipinski definition) is 5. The Morgan fingerprint density at radius 3 is 2.90 bits per heavy atom. The summed E-state index contributed by atoms with van der Waals surface area (Å²) in [5.41, 5.74) is 2.56. The first kappa shape index (κ1) is 15.8. The van der Waals surface area contributed by atoms with Crippen LogP contribution in [0.4, 0.5) is 0 Å². The molecular weight excluding hydrogens is 272 g/mol. The predicted octanol–water partition coefficient (Wildman–Crippen LogP) is 1.11. The summed E-state index contributed by atoms with van der Waals surface area (Å²) in [7, 11) is 0. The van der Waals surface area contributed by atoms with Crippen molar-refractivity contribution in [2.24, 2.45) is 11.8 Å². The molecule has 0 bridgehead atoms. The SMILES string of the molecule is NNC(=O)c1cccc(OCCOCC2CCOCC2)c1. The summed E-state index contributed by atoms with van der Waals surface area (Å²) in [4.78, 5) is 11.4. The molecule has 1 heterocycles. The Morgan fingerprint density at radius 1 is 1.33 bits per heavy atom. The van der Waals surface area contributed by atoms with E-state index in [0.717, 1.165) is 32.7 Å². The summed E-state index contributed by atoms with van der Waals surface area (Å²) in [5, 5.41) is 0. The summed E-state index contributed by atoms with van der Waals surface area (Å²) >= 11 is 0. The van der Waals surface area contributed by atoms with Crippen molar-refractivity contribution in [2.75, 3.05) is 33.0 Å². The number of ether oxygens (including phenoxy) is 3. The van der Waals surface area contributed by atoms with Crippen LogP contribution < -0.4 is 16.0 Å². The molecule has 1 saturated heterocycles. The average Bonchev–Trinajstić information content (AvgIpc) is 2.55. The smallest absolute Gasteiger partial charge is 0.265 e. The van der Waals surface area contributed by atoms with Crippen molar-refractivity contribution in [3.63, 3.8) is 0 Å². The van der Waals surface area contributed by atoms with E-state index in [-0.39, 0.29) is 5.91 Å². The Hall–Kier alpha value is -1.63. The maximum Gasteiger partial charge on any atom is 0.265 e. The van der Waals surface area contributed by atoms with Crippen molar-refractivity contribution in [3.8, 4) is 5.75 Å². The van der Waals surface area contributed by atoms with Crippen molar-refractivity contribution in [2.45, 2.75) is 12.8 Å². The quantitative estimate of drug-likeness (QED) is 0.341. The molecule has 116 valence electrons. The van der Waals surface area contributed by atoms with Gasteiger partial charge in [0.15, 0.2) is 0 Å². The van der Waals surface area contributed by atoms with Crippen molar-refractivity contribution in [1.29, 1.82) is 0 Å². The van der Waals surface area contributed by atoms with Gasteiger partial charge in [0.1, 0.15) is 12.4 Å². The molecule has 0 radical (unpaired) electrons. The Bertz CT molecular complexity index is 447. The lowest BCUT2D eigenvalue weighted by Crippen LogP contribution is -2.29. The summed E-state index contributed by atoms with van der Waals surface area (Å²) in [6, 6.07) is 6.88. The molecule has 2 rings (SSSR count). The molecule has 6 heteroatoms. The van der Waals surface area contributed by atoms with E-state index in [9.17, 15) is 4.79 Å². The standard InChI is InChI=1S/C15H22N2O4/c16-17-15(18)13-2-1-3-14(10-13)21-9-8-20-11-12-4-6-19-7-5-12/h1-3,10,12H,4-9,11,16H2,(H,17,18). The van der Waals surface area contributed by atoms with Crippen LogP contribution >= 0.6 is 0 Å². The highest BCUT2D eigenvalue weighted by Crippen LogP contribution is 2.15. The minimum atomic E-state index is -0.337. The van der Waals surface area contributed by atoms with Gasteiger partial charge in [-0.3, -0.25) is 10.2 Å². The lowest BCUT2D eigenvalue weighted by Gasteiger charge is -2.21. The lowest BCUT2D eigenvalue weighted by atomic mass is 10.0. The van der Waals surface area contributed by atoms with E-state index < -0.39 is 0 Å². The number of nitrogens with one attached hydrogen (secondary N) is 1. The second-order valence-electron chi connectivity index (χ2n) is 4.98. The van der Waals surface area contributed by atoms with Gasteiger partial charge in [0, 0.05) is 25.4 Å². The summed E-state index contributed by atoms with van der Waals surface area (Å²) in [6.45, 7) is 3.41. The molecule has 0 aliphatic carbocycles. The summed E-state index contributed by atoms with van der Waals surface area (Å²) < 4.78 is 16.5. The van der Waals surface area contributed by atoms with E-state index in [4.69, 9.17) is 20.1 Å². The molecular formula is C15H22N2O4. The third kappa shape index (κ3) is 5.34. The van der Waals surface area contributed by atoms with Crippen LogP contribution in [0.2, 0.25) is 0 Å². The average molecular weight is 294 g/mol. The molecule has 1 aromatic carbocycles. The van der Waals surface area contributed by atoms with Crippen LogP contribution in [0, 0.1) is 5.92 Å². The molecule has 1 amide bonds. The first-order valence-corrected chi connectivity index (χ1v) is 7.19. The number of rotatable bonds is 7. The van der Waals surface area contributed by atoms with E-state index in [1.807, 2.05) is 0 Å². The number of hydrogen-bond donors (Lipinski definition) is 2. The van der Waals surface area contributed by atoms with Crippen LogP contribution in [0.5, 0.6) is 5.75 Å². The zero-order chi connectivity index (χ0) is 14.9. The van der Waals surface area contributed by atoms with Gasteiger partial charge in [0.05, 0.1) is 6.61 Å². The van der Waals surface area contributed by atoms with Gasteiger partial charge in [-0.15, -0.1) is 0 Å². The summed E-state index contributed by atoms with van der Waals surface area (Å²) in [5.74, 6) is 5.98. The van der Waals surface area contributed by atoms with Crippen molar-refractivity contribution in [3.05, 3.63) is 29.8 Å². The topological polar surface area (TPSA) is 82.8 Å². The molecule has 0 aromatic heterocycles. The number of carbonyl (C=O) groups excluding carboxylic acids is 1. The molecule has 6 nitrogen and oxygen atoms in total. The van der Waals surface area contributed by atoms with E-state index >= 15 is 0 Å². The second kappa shape index (κ2) is 8.61. The number of carbonyl (C=O) groups is 1. The third-order valence-corrected chi connectivity index (χ3v) is 3.42. The van der Waals surface area contributed by atoms with Gasteiger partial charge >= 0.3 is 0 Å². The van der Waals surface area contributed by atoms with Crippen LogP contribution in [-0.4, -0.2) is 38.9 Å². The first-order chi connectivity index (χ1) is 10.3. The monoisotopic (exact) mass is 294 g/mol. The van der Waals surface area contributed by atoms with Gasteiger partial charge in [-0.2, -0.15) is 0 Å². The molecule has 0 spiro atoms. The largest absolute Gasteiger partial charge is 0.491 e. The molecule has 0 atom stereocenters. The Morgan fingerprint density at radius 2 is 2.14 bits per heavy atom. The fourth-order valence-corrected chi connectivity index (χ4v) is 2.19. The van der Waals surface area contributed by atoms with Crippen molar-refractivity contribution >= 4 is 5.91 Å². The van der Waals surface area contributed by atoms with Crippen LogP contribution in [0.1, 0.15) is 23.2 Å². The fourth-order valence-electron chi connectivity index (χ4n) is 2.19. The normalized spacial score (nSPS) is 15.7. The van der Waals surface area contributed by atoms with Crippen LogP contribution in [-0.2, 0) is 9.47 Å². The third-order valence-electron chi connectivity index (χ3n) is 3.42. The van der Waals surface area contributed by atoms with Gasteiger partial charge in [-0.1, -0.05) is 6.07 Å². The number of benzene rings is 1. The van der Waals surface area contributed by atoms with Gasteiger partial charge in [0.25, 0.3) is 5.91 Å². The number of nitrogens with two attached hydrogens (primary N) is 1. The number of nitrogen functional groups attached to an aromatic ring is 1. The predicted molar refractivity (Wildman–Crippen MR) is 78.0 cm³/mol. The lowest BCUT2D eigenvalue weighted by molar-refractivity contribution is 0.0139. The number of hydrazine groups is 1. The van der Waals surface area contributed by atoms with Gasteiger partial charge in [-0.25, -0.2) is 5.84 Å². The van der Waals surface area contributed by atoms with Gasteiger partial charge in [0.2, 0.25) is 0 Å². The second-order valence-corrected chi connectivity index (χ2v) is 4.98. The zero-order valence-electron chi connectivity index (χ0n) is 12.0. The maximum atomic E-state index is 11.4. The highest BCUT2D eigenvalue weighted by molar-refractivity contribution is 5.94. The van der Waals surface area contributed by atoms with E-state index in [1.54, 1.807) is 24.3 Å². The first-order valence-electron chi connectivity index (χ1n) is 7.19. The van der Waals surface area contributed by atoms with Gasteiger partial charge < -0.3 is 14.2 Å². The molecule has 21 heavy (non-hydrogen) atoms. The Balaban J connectivity index is 1.65. The molecule has 0 saturated carbocycles. The van der Waals surface area contributed by atoms with E-state index in [2.05, 4.69) is 5.43 Å². The summed E-state index contributed by atoms with van der Waals surface area (Å²) in [6.07, 6.45) is 2.13. The van der Waals surface area contributed by atoms with Crippen LogP contribution in [0.25, 0.3) is 0 Å². The van der Waals surface area contributed by atoms with E-state index in [1.165, 1.54) is 0 Å². The minimum Gasteiger partial charge on any atom is -0.491 e. The molecule has 1 fully saturated rings. The fraction of sp³-hybridized carbons (Fsp3) is 0.533. The molecule has 3 N–H and O–H groups in total. The Labute approximate surface area is 124 Å². The van der Waals surface area contributed by atoms with Crippen molar-refractivity contribution in [1.82, 2.24) is 5.43 Å². The minimum absolute atomic E-state index is 0.337. The van der Waals surface area contributed by atoms with Crippen molar-refractivity contribution < 1.29 is 19.0 Å². The zero-order valence-corrected chi connectivity index (χ0v) is 12.0. The highest BCUT2D eigenvalue weighted by Gasteiger charge is 2.13. The Kier molecular flexibility index (Phi) is 6.46. The molecule has 1 aromatic rings.